The molecule has 0 N–H and O–H groups in total. The Bertz CT molecular complexity index is 1760. The quantitative estimate of drug-likeness (QED) is 0.216. The number of nitrogens with zero attached hydrogens (tertiary/aromatic N) is 1. The zero-order chi connectivity index (χ0) is 27.8. The molecule has 1 aromatic heterocycles. The second-order valence-corrected chi connectivity index (χ2v) is 10.2. The minimum Gasteiger partial charge on any atom is -0.497 e. The van der Waals surface area contributed by atoms with Gasteiger partial charge in [-0.25, -0.2) is 0 Å². The summed E-state index contributed by atoms with van der Waals surface area (Å²) in [5.74, 6) is 1.12. The third kappa shape index (κ3) is 4.71. The fourth-order valence-corrected chi connectivity index (χ4v) is 5.23. The van der Waals surface area contributed by atoms with E-state index in [1.54, 1.807) is 24.1 Å². The van der Waals surface area contributed by atoms with Gasteiger partial charge in [0.15, 0.2) is 5.43 Å². The van der Waals surface area contributed by atoms with Gasteiger partial charge in [-0.15, -0.1) is 0 Å². The average Bonchev–Trinajstić information content (AvgIpc) is 3.25. The van der Waals surface area contributed by atoms with Crippen LogP contribution in [0.1, 0.15) is 44.4 Å². The molecule has 1 unspecified atom stereocenters. The van der Waals surface area contributed by atoms with E-state index in [9.17, 15) is 9.59 Å². The van der Waals surface area contributed by atoms with Crippen molar-refractivity contribution in [2.75, 3.05) is 7.11 Å². The van der Waals surface area contributed by atoms with Crippen LogP contribution in [0, 0.1) is 6.92 Å². The van der Waals surface area contributed by atoms with Gasteiger partial charge in [-0.3, -0.25) is 9.59 Å². The molecule has 0 spiro atoms. The minimum atomic E-state index is -0.645. The van der Waals surface area contributed by atoms with Gasteiger partial charge >= 0.3 is 0 Å². The van der Waals surface area contributed by atoms with Crippen molar-refractivity contribution < 1.29 is 18.7 Å². The van der Waals surface area contributed by atoms with Crippen LogP contribution < -0.4 is 14.9 Å². The lowest BCUT2D eigenvalue weighted by atomic mass is 9.98. The zero-order valence-electron chi connectivity index (χ0n) is 22.0. The molecule has 0 bridgehead atoms. The molecule has 2 heterocycles. The Kier molecular flexibility index (Phi) is 6.78. The summed E-state index contributed by atoms with van der Waals surface area (Å²) < 4.78 is 17.3. The van der Waals surface area contributed by atoms with Crippen molar-refractivity contribution in [1.29, 1.82) is 0 Å². The van der Waals surface area contributed by atoms with E-state index in [4.69, 9.17) is 25.5 Å². The first-order chi connectivity index (χ1) is 19.4. The fourth-order valence-electron chi connectivity index (χ4n) is 5.07. The molecular weight excluding hydrogens is 526 g/mol. The van der Waals surface area contributed by atoms with E-state index in [1.807, 2.05) is 85.8 Å². The molecular formula is C33H26ClNO5. The molecule has 0 fully saturated rings. The van der Waals surface area contributed by atoms with Crippen molar-refractivity contribution in [3.05, 3.63) is 140 Å². The summed E-state index contributed by atoms with van der Waals surface area (Å²) in [4.78, 5) is 29.4. The Morgan fingerprint density at radius 1 is 0.875 bits per heavy atom. The van der Waals surface area contributed by atoms with E-state index in [2.05, 4.69) is 0 Å². The van der Waals surface area contributed by atoms with Gasteiger partial charge in [0.2, 0.25) is 5.76 Å². The number of fused-ring (bicyclic) bond motifs is 2. The van der Waals surface area contributed by atoms with Crippen molar-refractivity contribution in [1.82, 2.24) is 4.90 Å². The van der Waals surface area contributed by atoms with E-state index in [0.717, 1.165) is 28.0 Å². The summed E-state index contributed by atoms with van der Waals surface area (Å²) in [6.07, 6.45) is 0. The molecule has 7 heteroatoms. The number of methoxy groups -OCH3 is 1. The maximum atomic E-state index is 13.9. The lowest BCUT2D eigenvalue weighted by Crippen LogP contribution is -2.29. The Morgan fingerprint density at radius 2 is 1.57 bits per heavy atom. The van der Waals surface area contributed by atoms with Crippen molar-refractivity contribution in [2.24, 2.45) is 0 Å². The fraction of sp³-hybridized carbons (Fsp3) is 0.152. The van der Waals surface area contributed by atoms with E-state index in [-0.39, 0.29) is 23.6 Å². The van der Waals surface area contributed by atoms with Crippen LogP contribution in [-0.4, -0.2) is 17.9 Å². The van der Waals surface area contributed by atoms with Crippen LogP contribution in [0.2, 0.25) is 5.02 Å². The minimum absolute atomic E-state index is 0.0575. The number of hydrogen-bond acceptors (Lipinski definition) is 5. The molecule has 1 aliphatic heterocycles. The highest BCUT2D eigenvalue weighted by Gasteiger charge is 2.42. The predicted octanol–water partition coefficient (Wildman–Crippen LogP) is 7.09. The standard InChI is InChI=1S/C33H26ClNO5/c1-20-16-28-26(17-27(20)34)31(36)29-30(23-10-14-25(15-11-23)39-19-22-6-4-3-5-7-22)35(33(37)32(29)40-28)18-21-8-12-24(38-2)13-9-21/h3-17,30H,18-19H2,1-2H3. The lowest BCUT2D eigenvalue weighted by Gasteiger charge is -2.25. The van der Waals surface area contributed by atoms with Crippen LogP contribution in [0.5, 0.6) is 11.5 Å². The van der Waals surface area contributed by atoms with E-state index in [0.29, 0.717) is 33.9 Å². The van der Waals surface area contributed by atoms with Crippen LogP contribution >= 0.6 is 11.6 Å². The van der Waals surface area contributed by atoms with Gasteiger partial charge in [-0.05, 0) is 65.6 Å². The van der Waals surface area contributed by atoms with Gasteiger partial charge in [0.1, 0.15) is 23.7 Å². The van der Waals surface area contributed by atoms with Gasteiger partial charge < -0.3 is 18.8 Å². The molecule has 0 aliphatic carbocycles. The maximum absolute atomic E-state index is 13.9. The largest absolute Gasteiger partial charge is 0.497 e. The molecule has 40 heavy (non-hydrogen) atoms. The van der Waals surface area contributed by atoms with Gasteiger partial charge in [-0.1, -0.05) is 66.2 Å². The molecule has 6 nitrogen and oxygen atoms in total. The van der Waals surface area contributed by atoms with Crippen LogP contribution in [0.3, 0.4) is 0 Å². The molecule has 6 rings (SSSR count). The SMILES string of the molecule is COc1ccc(CN2C(=O)c3oc4cc(C)c(Cl)cc4c(=O)c3C2c2ccc(OCc3ccccc3)cc2)cc1. The monoisotopic (exact) mass is 551 g/mol. The van der Waals surface area contributed by atoms with Crippen molar-refractivity contribution >= 4 is 28.5 Å². The van der Waals surface area contributed by atoms with Gasteiger partial charge in [0, 0.05) is 11.6 Å². The van der Waals surface area contributed by atoms with Gasteiger partial charge in [0.25, 0.3) is 5.91 Å². The highest BCUT2D eigenvalue weighted by molar-refractivity contribution is 6.32. The first-order valence-corrected chi connectivity index (χ1v) is 13.3. The van der Waals surface area contributed by atoms with Gasteiger partial charge in [-0.2, -0.15) is 0 Å². The molecule has 1 atom stereocenters. The number of aryl methyl sites for hydroxylation is 1. The molecule has 0 saturated heterocycles. The summed E-state index contributed by atoms with van der Waals surface area (Å²) >= 11 is 6.36. The van der Waals surface area contributed by atoms with Crippen molar-refractivity contribution in [2.45, 2.75) is 26.1 Å². The molecule has 0 saturated carbocycles. The number of rotatable bonds is 7. The summed E-state index contributed by atoms with van der Waals surface area (Å²) in [5.41, 5.74) is 3.88. The van der Waals surface area contributed by atoms with Crippen LogP contribution in [0.25, 0.3) is 11.0 Å². The topological polar surface area (TPSA) is 69.0 Å². The highest BCUT2D eigenvalue weighted by atomic mass is 35.5. The van der Waals surface area contributed by atoms with E-state index >= 15 is 0 Å². The lowest BCUT2D eigenvalue weighted by molar-refractivity contribution is 0.0714. The number of ether oxygens (including phenoxy) is 2. The smallest absolute Gasteiger partial charge is 0.291 e. The van der Waals surface area contributed by atoms with Crippen LogP contribution in [0.15, 0.2) is 100 Å². The van der Waals surface area contributed by atoms with Crippen molar-refractivity contribution in [3.63, 3.8) is 0 Å². The summed E-state index contributed by atoms with van der Waals surface area (Å²) in [5, 5.41) is 0.817. The third-order valence-corrected chi connectivity index (χ3v) is 7.61. The Hall–Kier alpha value is -4.55. The third-order valence-electron chi connectivity index (χ3n) is 7.20. The average molecular weight is 552 g/mol. The van der Waals surface area contributed by atoms with Crippen LogP contribution in [0.4, 0.5) is 0 Å². The maximum Gasteiger partial charge on any atom is 0.291 e. The van der Waals surface area contributed by atoms with E-state index < -0.39 is 6.04 Å². The molecule has 1 aliphatic rings. The summed E-state index contributed by atoms with van der Waals surface area (Å²) in [6.45, 7) is 2.54. The predicted molar refractivity (Wildman–Crippen MR) is 154 cm³/mol. The van der Waals surface area contributed by atoms with Gasteiger partial charge in [0.05, 0.1) is 24.1 Å². The molecule has 200 valence electrons. The number of benzene rings is 4. The molecule has 5 aromatic rings. The Labute approximate surface area is 236 Å². The summed E-state index contributed by atoms with van der Waals surface area (Å²) in [7, 11) is 1.61. The number of carbonyl (C=O) groups excluding carboxylic acids is 1. The Morgan fingerprint density at radius 3 is 2.27 bits per heavy atom. The number of halogens is 1. The Balaban J connectivity index is 1.41. The number of amides is 1. The first kappa shape index (κ1) is 25.7. The second kappa shape index (κ2) is 10.5. The second-order valence-electron chi connectivity index (χ2n) is 9.80. The summed E-state index contributed by atoms with van der Waals surface area (Å²) in [6, 6.07) is 27.6. The van der Waals surface area contributed by atoms with Crippen LogP contribution in [-0.2, 0) is 13.2 Å². The zero-order valence-corrected chi connectivity index (χ0v) is 22.8. The first-order valence-electron chi connectivity index (χ1n) is 12.9. The highest BCUT2D eigenvalue weighted by Crippen LogP contribution is 2.40. The number of hydrogen-bond donors (Lipinski definition) is 0. The molecule has 1 amide bonds. The molecule has 0 radical (unpaired) electrons. The molecule has 4 aromatic carbocycles. The number of carbonyl (C=O) groups is 1. The van der Waals surface area contributed by atoms with E-state index in [1.165, 1.54) is 0 Å². The van der Waals surface area contributed by atoms with Crippen molar-refractivity contribution in [3.8, 4) is 11.5 Å². The normalized spacial score (nSPS) is 14.4.